The van der Waals surface area contributed by atoms with Gasteiger partial charge in [-0.3, -0.25) is 0 Å². The first-order chi connectivity index (χ1) is 8.77. The van der Waals surface area contributed by atoms with E-state index in [1.54, 1.807) is 0 Å². The molecule has 0 amide bonds. The minimum absolute atomic E-state index is 0.165. The number of unbranched alkanes of at least 4 members (excludes halogenated alkanes) is 3. The molecule has 0 spiro atoms. The van der Waals surface area contributed by atoms with Gasteiger partial charge in [-0.15, -0.1) is 0 Å². The number of halogens is 1. The SMILES string of the molecule is CCN(CCCCCCNC)c1ccc(F)cc1. The van der Waals surface area contributed by atoms with E-state index < -0.39 is 0 Å². The molecular formula is C15H25FN2. The number of benzene rings is 1. The fraction of sp³-hybridized carbons (Fsp3) is 0.600. The van der Waals surface area contributed by atoms with Crippen molar-refractivity contribution in [1.82, 2.24) is 5.32 Å². The van der Waals surface area contributed by atoms with E-state index in [0.29, 0.717) is 0 Å². The van der Waals surface area contributed by atoms with E-state index in [2.05, 4.69) is 17.1 Å². The van der Waals surface area contributed by atoms with Crippen LogP contribution in [0.5, 0.6) is 0 Å². The summed E-state index contributed by atoms with van der Waals surface area (Å²) in [5, 5.41) is 3.16. The average Bonchev–Trinajstić information content (AvgIpc) is 2.39. The smallest absolute Gasteiger partial charge is 0.123 e. The lowest BCUT2D eigenvalue weighted by Gasteiger charge is -2.23. The number of nitrogens with one attached hydrogen (secondary N) is 1. The van der Waals surface area contributed by atoms with Crippen molar-refractivity contribution in [3.63, 3.8) is 0 Å². The molecule has 3 heteroatoms. The van der Waals surface area contributed by atoms with Gasteiger partial charge in [0.2, 0.25) is 0 Å². The van der Waals surface area contributed by atoms with Gasteiger partial charge in [-0.05, 0) is 57.6 Å². The minimum Gasteiger partial charge on any atom is -0.372 e. The molecule has 0 bridgehead atoms. The quantitative estimate of drug-likeness (QED) is 0.677. The molecule has 0 saturated carbocycles. The molecule has 0 unspecified atom stereocenters. The summed E-state index contributed by atoms with van der Waals surface area (Å²) in [6.45, 7) is 5.28. The number of nitrogens with zero attached hydrogens (tertiary/aromatic N) is 1. The van der Waals surface area contributed by atoms with E-state index in [4.69, 9.17) is 0 Å². The van der Waals surface area contributed by atoms with Crippen molar-refractivity contribution in [1.29, 1.82) is 0 Å². The molecule has 1 aromatic rings. The molecule has 0 fully saturated rings. The van der Waals surface area contributed by atoms with Gasteiger partial charge in [0.15, 0.2) is 0 Å². The van der Waals surface area contributed by atoms with Crippen LogP contribution in [-0.2, 0) is 0 Å². The molecule has 102 valence electrons. The van der Waals surface area contributed by atoms with Crippen LogP contribution in [0.1, 0.15) is 32.6 Å². The molecule has 0 saturated heterocycles. The summed E-state index contributed by atoms with van der Waals surface area (Å²) in [7, 11) is 1.99. The van der Waals surface area contributed by atoms with E-state index in [9.17, 15) is 4.39 Å². The summed E-state index contributed by atoms with van der Waals surface area (Å²) in [6, 6.07) is 6.79. The molecule has 0 aromatic heterocycles. The molecule has 0 heterocycles. The Morgan fingerprint density at radius 1 is 1.06 bits per heavy atom. The van der Waals surface area contributed by atoms with Gasteiger partial charge in [0.1, 0.15) is 5.82 Å². The molecule has 2 nitrogen and oxygen atoms in total. The molecule has 1 rings (SSSR count). The van der Waals surface area contributed by atoms with Crippen LogP contribution < -0.4 is 10.2 Å². The van der Waals surface area contributed by atoms with Crippen LogP contribution in [0.3, 0.4) is 0 Å². The third-order valence-corrected chi connectivity index (χ3v) is 3.18. The molecule has 0 aliphatic rings. The Morgan fingerprint density at radius 3 is 2.33 bits per heavy atom. The molecule has 18 heavy (non-hydrogen) atoms. The van der Waals surface area contributed by atoms with Crippen molar-refractivity contribution in [3.8, 4) is 0 Å². The Balaban J connectivity index is 2.27. The summed E-state index contributed by atoms with van der Waals surface area (Å²) in [5.74, 6) is -0.165. The van der Waals surface area contributed by atoms with Crippen molar-refractivity contribution in [2.75, 3.05) is 31.6 Å². The first-order valence-electron chi connectivity index (χ1n) is 6.93. The van der Waals surface area contributed by atoms with Crippen molar-refractivity contribution in [2.24, 2.45) is 0 Å². The van der Waals surface area contributed by atoms with E-state index in [1.165, 1.54) is 37.8 Å². The topological polar surface area (TPSA) is 15.3 Å². The molecule has 0 aliphatic carbocycles. The third-order valence-electron chi connectivity index (χ3n) is 3.18. The van der Waals surface area contributed by atoms with Gasteiger partial charge >= 0.3 is 0 Å². The van der Waals surface area contributed by atoms with Crippen LogP contribution in [0.15, 0.2) is 24.3 Å². The predicted molar refractivity (Wildman–Crippen MR) is 76.7 cm³/mol. The average molecular weight is 252 g/mol. The summed E-state index contributed by atoms with van der Waals surface area (Å²) >= 11 is 0. The molecule has 1 aromatic carbocycles. The first kappa shape index (κ1) is 15.0. The standard InChI is InChI=1S/C15H25FN2/c1-3-18(13-7-5-4-6-12-17-2)15-10-8-14(16)9-11-15/h8-11,17H,3-7,12-13H2,1-2H3. The van der Waals surface area contributed by atoms with Gasteiger partial charge in [-0.2, -0.15) is 0 Å². The van der Waals surface area contributed by atoms with Crippen molar-refractivity contribution in [2.45, 2.75) is 32.6 Å². The largest absolute Gasteiger partial charge is 0.372 e. The van der Waals surface area contributed by atoms with Crippen LogP contribution in [0.4, 0.5) is 10.1 Å². The second-order valence-corrected chi connectivity index (χ2v) is 4.57. The highest BCUT2D eigenvalue weighted by Gasteiger charge is 2.03. The Kier molecular flexibility index (Phi) is 7.42. The minimum atomic E-state index is -0.165. The zero-order chi connectivity index (χ0) is 13.2. The van der Waals surface area contributed by atoms with E-state index in [0.717, 1.165) is 25.3 Å². The lowest BCUT2D eigenvalue weighted by molar-refractivity contribution is 0.608. The number of anilines is 1. The number of hydrogen-bond acceptors (Lipinski definition) is 2. The van der Waals surface area contributed by atoms with Crippen molar-refractivity contribution in [3.05, 3.63) is 30.1 Å². The van der Waals surface area contributed by atoms with Gasteiger partial charge < -0.3 is 10.2 Å². The predicted octanol–water partition coefficient (Wildman–Crippen LogP) is 3.43. The maximum atomic E-state index is 12.9. The first-order valence-corrected chi connectivity index (χ1v) is 6.93. The highest BCUT2D eigenvalue weighted by Crippen LogP contribution is 2.15. The zero-order valence-electron chi connectivity index (χ0n) is 11.6. The molecular weight excluding hydrogens is 227 g/mol. The fourth-order valence-electron chi connectivity index (χ4n) is 2.08. The Bertz CT molecular complexity index is 311. The van der Waals surface area contributed by atoms with Crippen LogP contribution >= 0.6 is 0 Å². The number of rotatable bonds is 9. The van der Waals surface area contributed by atoms with Crippen molar-refractivity contribution < 1.29 is 4.39 Å². The Hall–Kier alpha value is -1.09. The van der Waals surface area contributed by atoms with E-state index >= 15 is 0 Å². The lowest BCUT2D eigenvalue weighted by atomic mass is 10.1. The summed E-state index contributed by atoms with van der Waals surface area (Å²) in [6.07, 6.45) is 5.00. The zero-order valence-corrected chi connectivity index (χ0v) is 11.6. The summed E-state index contributed by atoms with van der Waals surface area (Å²) in [4.78, 5) is 2.30. The molecule has 0 aliphatic heterocycles. The molecule has 0 radical (unpaired) electrons. The van der Waals surface area contributed by atoms with Gasteiger partial charge in [0.05, 0.1) is 0 Å². The monoisotopic (exact) mass is 252 g/mol. The molecule has 0 atom stereocenters. The maximum absolute atomic E-state index is 12.9. The second kappa shape index (κ2) is 8.92. The maximum Gasteiger partial charge on any atom is 0.123 e. The van der Waals surface area contributed by atoms with Gasteiger partial charge in [-0.1, -0.05) is 12.8 Å². The normalized spacial score (nSPS) is 10.6. The fourth-order valence-corrected chi connectivity index (χ4v) is 2.08. The van der Waals surface area contributed by atoms with Crippen LogP contribution in [0, 0.1) is 5.82 Å². The lowest BCUT2D eigenvalue weighted by Crippen LogP contribution is -2.23. The highest BCUT2D eigenvalue weighted by molar-refractivity contribution is 5.45. The van der Waals surface area contributed by atoms with E-state index in [1.807, 2.05) is 19.2 Å². The van der Waals surface area contributed by atoms with Gasteiger partial charge in [0, 0.05) is 18.8 Å². The third kappa shape index (κ3) is 5.50. The Labute approximate surface area is 110 Å². The summed E-state index contributed by atoms with van der Waals surface area (Å²) in [5.41, 5.74) is 1.12. The highest BCUT2D eigenvalue weighted by atomic mass is 19.1. The Morgan fingerprint density at radius 2 is 1.72 bits per heavy atom. The van der Waals surface area contributed by atoms with Crippen LogP contribution in [-0.4, -0.2) is 26.7 Å². The van der Waals surface area contributed by atoms with Gasteiger partial charge in [0.25, 0.3) is 0 Å². The number of hydrogen-bond donors (Lipinski definition) is 1. The van der Waals surface area contributed by atoms with E-state index in [-0.39, 0.29) is 5.82 Å². The summed E-state index contributed by atoms with van der Waals surface area (Å²) < 4.78 is 12.9. The van der Waals surface area contributed by atoms with Gasteiger partial charge in [-0.25, -0.2) is 4.39 Å². The van der Waals surface area contributed by atoms with Crippen LogP contribution in [0.2, 0.25) is 0 Å². The van der Waals surface area contributed by atoms with Crippen LogP contribution in [0.25, 0.3) is 0 Å². The van der Waals surface area contributed by atoms with Crippen molar-refractivity contribution >= 4 is 5.69 Å². The molecule has 1 N–H and O–H groups in total. The second-order valence-electron chi connectivity index (χ2n) is 4.57.